The second-order valence-electron chi connectivity index (χ2n) is 6.41. The highest BCUT2D eigenvalue weighted by molar-refractivity contribution is 5.27. The predicted octanol–water partition coefficient (Wildman–Crippen LogP) is 4.00. The molecule has 2 aromatic rings. The van der Waals surface area contributed by atoms with E-state index in [4.69, 9.17) is 0 Å². The number of rotatable bonds is 6. The number of hydrogen-bond donors (Lipinski definition) is 0. The van der Waals surface area contributed by atoms with Crippen LogP contribution in [-0.4, -0.2) is 42.6 Å². The van der Waals surface area contributed by atoms with E-state index in [-0.39, 0.29) is 5.75 Å². The molecule has 1 aliphatic heterocycles. The summed E-state index contributed by atoms with van der Waals surface area (Å²) in [5, 5.41) is 0. The summed E-state index contributed by atoms with van der Waals surface area (Å²) in [5.74, 6) is 0.212. The van der Waals surface area contributed by atoms with Crippen LogP contribution in [0, 0.1) is 0 Å². The van der Waals surface area contributed by atoms with Crippen molar-refractivity contribution in [3.63, 3.8) is 0 Å². The van der Waals surface area contributed by atoms with Gasteiger partial charge in [-0.3, -0.25) is 9.80 Å². The summed E-state index contributed by atoms with van der Waals surface area (Å²) in [5.41, 5.74) is 2.48. The third kappa shape index (κ3) is 5.80. The quantitative estimate of drug-likeness (QED) is 0.786. The zero-order chi connectivity index (χ0) is 17.5. The van der Waals surface area contributed by atoms with Crippen molar-refractivity contribution < 1.29 is 13.5 Å². The highest BCUT2D eigenvalue weighted by Gasteiger charge is 2.15. The largest absolute Gasteiger partial charge is 0.435 e. The Morgan fingerprint density at radius 2 is 1.32 bits per heavy atom. The Kier molecular flexibility index (Phi) is 6.36. The van der Waals surface area contributed by atoms with Crippen LogP contribution in [-0.2, 0) is 13.1 Å². The topological polar surface area (TPSA) is 15.7 Å². The highest BCUT2D eigenvalue weighted by Crippen LogP contribution is 2.17. The second kappa shape index (κ2) is 8.92. The van der Waals surface area contributed by atoms with Crippen LogP contribution in [0.4, 0.5) is 8.78 Å². The van der Waals surface area contributed by atoms with E-state index in [2.05, 4.69) is 38.8 Å². The Labute approximate surface area is 147 Å². The van der Waals surface area contributed by atoms with Gasteiger partial charge in [-0.2, -0.15) is 8.78 Å². The van der Waals surface area contributed by atoms with Gasteiger partial charge < -0.3 is 4.74 Å². The Morgan fingerprint density at radius 1 is 0.760 bits per heavy atom. The van der Waals surface area contributed by atoms with Crippen LogP contribution in [0.2, 0.25) is 0 Å². The van der Waals surface area contributed by atoms with Crippen molar-refractivity contribution in [2.75, 3.05) is 26.2 Å². The fourth-order valence-electron chi connectivity index (χ4n) is 3.22. The first-order valence-electron chi connectivity index (χ1n) is 8.71. The smallest absolute Gasteiger partial charge is 0.387 e. The molecule has 0 amide bonds. The molecule has 0 N–H and O–H groups in total. The van der Waals surface area contributed by atoms with Gasteiger partial charge in [0.1, 0.15) is 5.75 Å². The van der Waals surface area contributed by atoms with Crippen LogP contribution in [0.15, 0.2) is 54.6 Å². The number of alkyl halides is 2. The van der Waals surface area contributed by atoms with Crippen molar-refractivity contribution >= 4 is 0 Å². The summed E-state index contributed by atoms with van der Waals surface area (Å²) in [7, 11) is 0. The number of ether oxygens (including phenoxy) is 1. The zero-order valence-corrected chi connectivity index (χ0v) is 14.3. The minimum absolute atomic E-state index is 0.212. The summed E-state index contributed by atoms with van der Waals surface area (Å²) < 4.78 is 28.8. The molecule has 1 saturated heterocycles. The third-order valence-corrected chi connectivity index (χ3v) is 4.48. The fourth-order valence-corrected chi connectivity index (χ4v) is 3.22. The van der Waals surface area contributed by atoms with Crippen LogP contribution >= 0.6 is 0 Å². The molecular weight excluding hydrogens is 322 g/mol. The Balaban J connectivity index is 1.49. The van der Waals surface area contributed by atoms with Gasteiger partial charge >= 0.3 is 6.61 Å². The van der Waals surface area contributed by atoms with E-state index in [9.17, 15) is 8.78 Å². The maximum atomic E-state index is 12.2. The van der Waals surface area contributed by atoms with Gasteiger partial charge in [-0.05, 0) is 42.8 Å². The van der Waals surface area contributed by atoms with E-state index in [1.165, 1.54) is 5.56 Å². The number of nitrogens with zero attached hydrogens (tertiary/aromatic N) is 2. The molecule has 25 heavy (non-hydrogen) atoms. The van der Waals surface area contributed by atoms with Crippen molar-refractivity contribution in [3.05, 3.63) is 65.7 Å². The number of halogens is 2. The van der Waals surface area contributed by atoms with Crippen molar-refractivity contribution in [2.45, 2.75) is 26.1 Å². The van der Waals surface area contributed by atoms with Crippen LogP contribution in [0.3, 0.4) is 0 Å². The monoisotopic (exact) mass is 346 g/mol. The fraction of sp³-hybridized carbons (Fsp3) is 0.400. The Bertz CT molecular complexity index is 634. The highest BCUT2D eigenvalue weighted by atomic mass is 19.3. The minimum Gasteiger partial charge on any atom is -0.435 e. The van der Waals surface area contributed by atoms with Crippen LogP contribution in [0.5, 0.6) is 5.75 Å². The Hall–Kier alpha value is -1.98. The van der Waals surface area contributed by atoms with Crippen LogP contribution in [0.25, 0.3) is 0 Å². The molecule has 1 fully saturated rings. The van der Waals surface area contributed by atoms with E-state index in [1.54, 1.807) is 12.1 Å². The molecule has 3 rings (SSSR count). The molecule has 0 spiro atoms. The molecule has 0 aromatic heterocycles. The minimum atomic E-state index is -2.77. The summed E-state index contributed by atoms with van der Waals surface area (Å²) in [6, 6.07) is 17.5. The van der Waals surface area contributed by atoms with Gasteiger partial charge in [0.2, 0.25) is 0 Å². The van der Waals surface area contributed by atoms with Crippen molar-refractivity contribution in [1.82, 2.24) is 9.80 Å². The molecule has 0 bridgehead atoms. The van der Waals surface area contributed by atoms with E-state index >= 15 is 0 Å². The maximum Gasteiger partial charge on any atom is 0.387 e. The van der Waals surface area contributed by atoms with E-state index in [0.29, 0.717) is 0 Å². The molecule has 1 aliphatic rings. The lowest BCUT2D eigenvalue weighted by Crippen LogP contribution is -2.30. The van der Waals surface area contributed by atoms with E-state index < -0.39 is 6.61 Å². The molecule has 134 valence electrons. The third-order valence-electron chi connectivity index (χ3n) is 4.48. The molecule has 1 heterocycles. The molecule has 0 unspecified atom stereocenters. The lowest BCUT2D eigenvalue weighted by atomic mass is 10.2. The number of benzene rings is 2. The van der Waals surface area contributed by atoms with Gasteiger partial charge in [-0.15, -0.1) is 0 Å². The van der Waals surface area contributed by atoms with Gasteiger partial charge in [0, 0.05) is 26.2 Å². The maximum absolute atomic E-state index is 12.2. The van der Waals surface area contributed by atoms with Crippen LogP contribution in [0.1, 0.15) is 17.5 Å². The molecule has 0 atom stereocenters. The van der Waals surface area contributed by atoms with Gasteiger partial charge in [-0.1, -0.05) is 42.5 Å². The summed E-state index contributed by atoms with van der Waals surface area (Å²) in [6.07, 6.45) is 1.14. The van der Waals surface area contributed by atoms with Gasteiger partial charge in [0.25, 0.3) is 0 Å². The molecular formula is C20H24F2N2O. The average molecular weight is 346 g/mol. The lowest BCUT2D eigenvalue weighted by Gasteiger charge is -2.22. The first kappa shape index (κ1) is 17.8. The number of hydrogen-bond acceptors (Lipinski definition) is 3. The lowest BCUT2D eigenvalue weighted by molar-refractivity contribution is -0.0498. The normalized spacial score (nSPS) is 16.8. The van der Waals surface area contributed by atoms with Crippen LogP contribution < -0.4 is 4.74 Å². The summed E-state index contributed by atoms with van der Waals surface area (Å²) in [6.45, 7) is 3.28. The van der Waals surface area contributed by atoms with Gasteiger partial charge in [-0.25, -0.2) is 0 Å². The average Bonchev–Trinajstić information content (AvgIpc) is 2.82. The van der Waals surface area contributed by atoms with Gasteiger partial charge in [0.05, 0.1) is 0 Å². The first-order chi connectivity index (χ1) is 12.2. The predicted molar refractivity (Wildman–Crippen MR) is 94.7 cm³/mol. The van der Waals surface area contributed by atoms with E-state index in [0.717, 1.165) is 51.3 Å². The second-order valence-corrected chi connectivity index (χ2v) is 6.41. The molecule has 0 saturated carbocycles. The SMILES string of the molecule is FC(F)Oc1ccc(CN2CCCN(Cc3ccccc3)CC2)cc1. The summed E-state index contributed by atoms with van der Waals surface area (Å²) >= 11 is 0. The van der Waals surface area contributed by atoms with Gasteiger partial charge in [0.15, 0.2) is 0 Å². The zero-order valence-electron chi connectivity index (χ0n) is 14.3. The summed E-state index contributed by atoms with van der Waals surface area (Å²) in [4.78, 5) is 4.92. The molecule has 0 aliphatic carbocycles. The molecule has 3 nitrogen and oxygen atoms in total. The standard InChI is InChI=1S/C20H24F2N2O/c21-20(22)25-19-9-7-18(8-10-19)16-24-12-4-11-23(13-14-24)15-17-5-2-1-3-6-17/h1-3,5-10,20H,4,11-16H2. The molecule has 0 radical (unpaired) electrons. The molecule has 5 heteroatoms. The van der Waals surface area contributed by atoms with Crippen molar-refractivity contribution in [2.24, 2.45) is 0 Å². The Morgan fingerprint density at radius 3 is 1.88 bits per heavy atom. The van der Waals surface area contributed by atoms with E-state index in [1.807, 2.05) is 18.2 Å². The van der Waals surface area contributed by atoms with Crippen molar-refractivity contribution in [3.8, 4) is 5.75 Å². The van der Waals surface area contributed by atoms with Crippen molar-refractivity contribution in [1.29, 1.82) is 0 Å². The molecule has 2 aromatic carbocycles. The first-order valence-corrected chi connectivity index (χ1v) is 8.71.